The maximum absolute atomic E-state index is 12.2. The standard InChI is InChI=1S/C18H22N2O4/c1-5-20-12(2)10-16(13(20)3)18(22)24-11-17(21)19-14-6-8-15(23-4)9-7-14/h6-10H,5,11H2,1-4H3,(H,19,21). The molecule has 0 aliphatic rings. The van der Waals surface area contributed by atoms with Gasteiger partial charge in [-0.3, -0.25) is 4.79 Å². The molecule has 0 unspecified atom stereocenters. The Balaban J connectivity index is 1.92. The number of nitrogens with one attached hydrogen (secondary N) is 1. The Morgan fingerprint density at radius 3 is 2.38 bits per heavy atom. The van der Waals surface area contributed by atoms with Gasteiger partial charge in [0, 0.05) is 23.6 Å². The van der Waals surface area contributed by atoms with Gasteiger partial charge in [-0.1, -0.05) is 0 Å². The molecule has 0 saturated heterocycles. The van der Waals surface area contributed by atoms with Crippen LogP contribution in [0.3, 0.4) is 0 Å². The smallest absolute Gasteiger partial charge is 0.340 e. The fraction of sp³-hybridized carbons (Fsp3) is 0.333. The predicted molar refractivity (Wildman–Crippen MR) is 91.5 cm³/mol. The highest BCUT2D eigenvalue weighted by Gasteiger charge is 2.17. The SMILES string of the molecule is CCn1c(C)cc(C(=O)OCC(=O)Nc2ccc(OC)cc2)c1C. The van der Waals surface area contributed by atoms with E-state index in [2.05, 4.69) is 5.32 Å². The van der Waals surface area contributed by atoms with Gasteiger partial charge in [0.05, 0.1) is 12.7 Å². The van der Waals surface area contributed by atoms with Crippen molar-refractivity contribution in [3.05, 3.63) is 47.3 Å². The van der Waals surface area contributed by atoms with Crippen molar-refractivity contribution in [2.24, 2.45) is 0 Å². The Bertz CT molecular complexity index is 732. The van der Waals surface area contributed by atoms with Gasteiger partial charge in [-0.15, -0.1) is 0 Å². The number of amides is 1. The molecule has 1 amide bonds. The molecule has 1 N–H and O–H groups in total. The van der Waals surface area contributed by atoms with Gasteiger partial charge in [0.1, 0.15) is 5.75 Å². The minimum Gasteiger partial charge on any atom is -0.497 e. The van der Waals surface area contributed by atoms with Gasteiger partial charge in [-0.25, -0.2) is 4.79 Å². The molecule has 1 heterocycles. The molecule has 0 bridgehead atoms. The third kappa shape index (κ3) is 3.95. The van der Waals surface area contributed by atoms with Gasteiger partial charge in [0.15, 0.2) is 6.61 Å². The van der Waals surface area contributed by atoms with Gasteiger partial charge < -0.3 is 19.4 Å². The van der Waals surface area contributed by atoms with E-state index in [1.165, 1.54) is 0 Å². The third-order valence-electron chi connectivity index (χ3n) is 3.82. The summed E-state index contributed by atoms with van der Waals surface area (Å²) in [5.74, 6) is -0.184. The molecule has 0 saturated carbocycles. The number of esters is 1. The molecule has 2 aromatic rings. The summed E-state index contributed by atoms with van der Waals surface area (Å²) < 4.78 is 12.2. The Labute approximate surface area is 141 Å². The molecule has 0 atom stereocenters. The predicted octanol–water partition coefficient (Wildman–Crippen LogP) is 2.93. The first-order chi connectivity index (χ1) is 11.5. The second-order valence-electron chi connectivity index (χ2n) is 5.38. The summed E-state index contributed by atoms with van der Waals surface area (Å²) >= 11 is 0. The minimum atomic E-state index is -0.493. The lowest BCUT2D eigenvalue weighted by atomic mass is 10.2. The zero-order valence-electron chi connectivity index (χ0n) is 14.4. The van der Waals surface area contributed by atoms with Gasteiger partial charge in [-0.2, -0.15) is 0 Å². The topological polar surface area (TPSA) is 69.6 Å². The number of hydrogen-bond acceptors (Lipinski definition) is 4. The number of aryl methyl sites for hydroxylation is 1. The molecule has 0 fully saturated rings. The average Bonchev–Trinajstić information content (AvgIpc) is 2.87. The Morgan fingerprint density at radius 1 is 1.17 bits per heavy atom. The van der Waals surface area contributed by atoms with E-state index in [9.17, 15) is 9.59 Å². The fourth-order valence-electron chi connectivity index (χ4n) is 2.57. The number of carbonyl (C=O) groups is 2. The fourth-order valence-corrected chi connectivity index (χ4v) is 2.57. The number of nitrogens with zero attached hydrogens (tertiary/aromatic N) is 1. The Hall–Kier alpha value is -2.76. The Kier molecular flexibility index (Phi) is 5.63. The molecule has 6 heteroatoms. The van der Waals surface area contributed by atoms with Crippen molar-refractivity contribution in [1.82, 2.24) is 4.57 Å². The molecular weight excluding hydrogens is 308 g/mol. The largest absolute Gasteiger partial charge is 0.497 e. The van der Waals surface area contributed by atoms with E-state index in [1.807, 2.05) is 25.3 Å². The third-order valence-corrected chi connectivity index (χ3v) is 3.82. The molecule has 0 aliphatic carbocycles. The van der Waals surface area contributed by atoms with Crippen LogP contribution in [-0.4, -0.2) is 30.2 Å². The summed E-state index contributed by atoms with van der Waals surface area (Å²) in [5.41, 5.74) is 2.94. The van der Waals surface area contributed by atoms with E-state index in [-0.39, 0.29) is 6.61 Å². The molecule has 128 valence electrons. The van der Waals surface area contributed by atoms with E-state index >= 15 is 0 Å². The number of methoxy groups -OCH3 is 1. The number of benzene rings is 1. The Morgan fingerprint density at radius 2 is 1.83 bits per heavy atom. The van der Waals surface area contributed by atoms with Crippen molar-refractivity contribution in [3.63, 3.8) is 0 Å². The maximum atomic E-state index is 12.2. The quantitative estimate of drug-likeness (QED) is 0.827. The summed E-state index contributed by atoms with van der Waals surface area (Å²) in [7, 11) is 1.57. The molecule has 0 spiro atoms. The molecule has 1 aromatic carbocycles. The number of aromatic nitrogens is 1. The normalized spacial score (nSPS) is 10.3. The highest BCUT2D eigenvalue weighted by Crippen LogP contribution is 2.17. The van der Waals surface area contributed by atoms with E-state index < -0.39 is 11.9 Å². The van der Waals surface area contributed by atoms with Crippen LogP contribution in [0.25, 0.3) is 0 Å². The molecule has 6 nitrogen and oxygen atoms in total. The molecule has 1 aromatic heterocycles. The second-order valence-corrected chi connectivity index (χ2v) is 5.38. The van der Waals surface area contributed by atoms with E-state index in [4.69, 9.17) is 9.47 Å². The molecule has 0 aliphatic heterocycles. The lowest BCUT2D eigenvalue weighted by molar-refractivity contribution is -0.119. The van der Waals surface area contributed by atoms with Gasteiger partial charge in [-0.05, 0) is 51.1 Å². The number of anilines is 1. The molecule has 24 heavy (non-hydrogen) atoms. The summed E-state index contributed by atoms with van der Waals surface area (Å²) in [6.07, 6.45) is 0. The van der Waals surface area contributed by atoms with Crippen LogP contribution in [0.15, 0.2) is 30.3 Å². The number of carbonyl (C=O) groups excluding carboxylic acids is 2. The summed E-state index contributed by atoms with van der Waals surface area (Å²) in [5, 5.41) is 2.67. The van der Waals surface area contributed by atoms with E-state index in [0.717, 1.165) is 17.9 Å². The monoisotopic (exact) mass is 330 g/mol. The van der Waals surface area contributed by atoms with Crippen molar-refractivity contribution in [3.8, 4) is 5.75 Å². The number of ether oxygens (including phenoxy) is 2. The summed E-state index contributed by atoms with van der Waals surface area (Å²) in [6.45, 7) is 6.26. The highest BCUT2D eigenvalue weighted by molar-refractivity contribution is 5.96. The van der Waals surface area contributed by atoms with Crippen LogP contribution in [0.2, 0.25) is 0 Å². The van der Waals surface area contributed by atoms with Crippen molar-refractivity contribution >= 4 is 17.6 Å². The van der Waals surface area contributed by atoms with Crippen LogP contribution >= 0.6 is 0 Å². The van der Waals surface area contributed by atoms with Crippen LogP contribution in [0.5, 0.6) is 5.75 Å². The lowest BCUT2D eigenvalue weighted by Gasteiger charge is -2.08. The minimum absolute atomic E-state index is 0.333. The van der Waals surface area contributed by atoms with Crippen molar-refractivity contribution < 1.29 is 19.1 Å². The van der Waals surface area contributed by atoms with Gasteiger partial charge in [0.2, 0.25) is 0 Å². The molecule has 2 rings (SSSR count). The van der Waals surface area contributed by atoms with Crippen LogP contribution in [0.4, 0.5) is 5.69 Å². The van der Waals surface area contributed by atoms with Crippen LogP contribution in [-0.2, 0) is 16.1 Å². The van der Waals surface area contributed by atoms with Gasteiger partial charge >= 0.3 is 5.97 Å². The van der Waals surface area contributed by atoms with E-state index in [1.54, 1.807) is 37.4 Å². The number of hydrogen-bond donors (Lipinski definition) is 1. The van der Waals surface area contributed by atoms with Crippen molar-refractivity contribution in [1.29, 1.82) is 0 Å². The average molecular weight is 330 g/mol. The zero-order chi connectivity index (χ0) is 17.7. The van der Waals surface area contributed by atoms with Crippen LogP contribution < -0.4 is 10.1 Å². The first kappa shape index (κ1) is 17.6. The van der Waals surface area contributed by atoms with Crippen molar-refractivity contribution in [2.75, 3.05) is 19.0 Å². The van der Waals surface area contributed by atoms with Gasteiger partial charge in [0.25, 0.3) is 5.91 Å². The zero-order valence-corrected chi connectivity index (χ0v) is 14.4. The van der Waals surface area contributed by atoms with Crippen molar-refractivity contribution in [2.45, 2.75) is 27.3 Å². The van der Waals surface area contributed by atoms with Crippen LogP contribution in [0, 0.1) is 13.8 Å². The number of rotatable bonds is 6. The van der Waals surface area contributed by atoms with E-state index in [0.29, 0.717) is 17.0 Å². The molecular formula is C18H22N2O4. The maximum Gasteiger partial charge on any atom is 0.340 e. The molecule has 0 radical (unpaired) electrons. The summed E-state index contributed by atoms with van der Waals surface area (Å²) in [4.78, 5) is 24.0. The first-order valence-corrected chi connectivity index (χ1v) is 7.74. The first-order valence-electron chi connectivity index (χ1n) is 7.74. The lowest BCUT2D eigenvalue weighted by Crippen LogP contribution is -2.21. The second kappa shape index (κ2) is 7.68. The van der Waals surface area contributed by atoms with Crippen LogP contribution in [0.1, 0.15) is 28.7 Å². The summed E-state index contributed by atoms with van der Waals surface area (Å²) in [6, 6.07) is 8.69. The highest BCUT2D eigenvalue weighted by atomic mass is 16.5.